The van der Waals surface area contributed by atoms with Gasteiger partial charge in [-0.3, -0.25) is 9.35 Å². The lowest BCUT2D eigenvalue weighted by Crippen LogP contribution is -2.45. The van der Waals surface area contributed by atoms with Crippen molar-refractivity contribution in [3.8, 4) is 0 Å². The number of ether oxygens (including phenoxy) is 2. The topological polar surface area (TPSA) is 107 Å². The molecule has 0 saturated carbocycles. The molecule has 0 fully saturated rings. The summed E-state index contributed by atoms with van der Waals surface area (Å²) in [5.74, 6) is -1.97. The Morgan fingerprint density at radius 1 is 1.37 bits per heavy atom. The van der Waals surface area contributed by atoms with Crippen molar-refractivity contribution in [2.75, 3.05) is 0 Å². The summed E-state index contributed by atoms with van der Waals surface area (Å²) in [7, 11) is -4.64. The molecule has 19 heavy (non-hydrogen) atoms. The number of rotatable bonds is 6. The van der Waals surface area contributed by atoms with Gasteiger partial charge in [0.05, 0.1) is 0 Å². The van der Waals surface area contributed by atoms with Gasteiger partial charge < -0.3 is 9.47 Å². The van der Waals surface area contributed by atoms with Crippen LogP contribution in [0.2, 0.25) is 0 Å². The molecule has 0 amide bonds. The summed E-state index contributed by atoms with van der Waals surface area (Å²) in [6, 6.07) is 0. The first-order chi connectivity index (χ1) is 8.45. The summed E-state index contributed by atoms with van der Waals surface area (Å²) < 4.78 is 38.6. The number of carbonyl (C=O) groups excluding carboxylic acids is 2. The normalized spacial score (nSPS) is 16.1. The molecule has 0 heterocycles. The molecule has 0 aliphatic heterocycles. The molecule has 7 nitrogen and oxygen atoms in total. The van der Waals surface area contributed by atoms with Crippen LogP contribution in [0.1, 0.15) is 34.1 Å². The van der Waals surface area contributed by atoms with E-state index in [1.165, 1.54) is 20.8 Å². The van der Waals surface area contributed by atoms with E-state index in [1.54, 1.807) is 0 Å². The Hall–Kier alpha value is -1.41. The van der Waals surface area contributed by atoms with Crippen molar-refractivity contribution < 1.29 is 32.0 Å². The Bertz CT molecular complexity index is 479. The third-order valence-electron chi connectivity index (χ3n) is 2.57. The zero-order chi connectivity index (χ0) is 15.4. The summed E-state index contributed by atoms with van der Waals surface area (Å²) in [6.45, 7) is 8.43. The van der Waals surface area contributed by atoms with E-state index in [1.807, 2.05) is 0 Å². The van der Waals surface area contributed by atoms with Crippen molar-refractivity contribution in [2.24, 2.45) is 0 Å². The molecule has 0 spiro atoms. The first-order valence-corrected chi connectivity index (χ1v) is 6.94. The van der Waals surface area contributed by atoms with Crippen LogP contribution in [0, 0.1) is 0 Å². The van der Waals surface area contributed by atoms with Gasteiger partial charge in [0.25, 0.3) is 10.1 Å². The van der Waals surface area contributed by atoms with E-state index < -0.39 is 33.1 Å². The van der Waals surface area contributed by atoms with E-state index in [4.69, 9.17) is 9.29 Å². The maximum absolute atomic E-state index is 11.7. The molecule has 0 aromatic carbocycles. The largest absolute Gasteiger partial charge is 0.424 e. The lowest BCUT2D eigenvalue weighted by atomic mass is 10.1. The van der Waals surface area contributed by atoms with Crippen LogP contribution in [-0.2, 0) is 29.2 Å². The zero-order valence-corrected chi connectivity index (χ0v) is 12.1. The van der Waals surface area contributed by atoms with E-state index in [9.17, 15) is 18.0 Å². The average molecular weight is 294 g/mol. The van der Waals surface area contributed by atoms with Gasteiger partial charge in [-0.05, 0) is 20.3 Å². The van der Waals surface area contributed by atoms with Crippen LogP contribution in [0.3, 0.4) is 0 Å². The second-order valence-corrected chi connectivity index (χ2v) is 6.07. The monoisotopic (exact) mass is 294 g/mol. The van der Waals surface area contributed by atoms with Crippen LogP contribution in [0.25, 0.3) is 0 Å². The summed E-state index contributed by atoms with van der Waals surface area (Å²) in [4.78, 5) is 22.9. The van der Waals surface area contributed by atoms with E-state index >= 15 is 0 Å². The van der Waals surface area contributed by atoms with Gasteiger partial charge in [-0.2, -0.15) is 8.42 Å². The predicted octanol–water partition coefficient (Wildman–Crippen LogP) is 1.05. The molecule has 8 heteroatoms. The third kappa shape index (κ3) is 4.32. The molecule has 2 atom stereocenters. The van der Waals surface area contributed by atoms with Gasteiger partial charge in [0.2, 0.25) is 6.29 Å². The van der Waals surface area contributed by atoms with E-state index in [2.05, 4.69) is 11.3 Å². The fraction of sp³-hybridized carbons (Fsp3) is 0.636. The molecule has 0 aliphatic rings. The second kappa shape index (κ2) is 6.16. The number of hydrogen-bond acceptors (Lipinski definition) is 6. The first kappa shape index (κ1) is 17.6. The molecule has 0 rings (SSSR count). The lowest BCUT2D eigenvalue weighted by Gasteiger charge is -2.24. The predicted molar refractivity (Wildman–Crippen MR) is 66.7 cm³/mol. The van der Waals surface area contributed by atoms with Gasteiger partial charge in [-0.1, -0.05) is 13.5 Å². The molecular formula is C11H18O7S. The van der Waals surface area contributed by atoms with Crippen molar-refractivity contribution in [1.82, 2.24) is 0 Å². The first-order valence-electron chi connectivity index (χ1n) is 5.50. The van der Waals surface area contributed by atoms with Crippen molar-refractivity contribution in [2.45, 2.75) is 45.2 Å². The maximum atomic E-state index is 11.7. The molecule has 2 unspecified atom stereocenters. The Morgan fingerprint density at radius 3 is 2.16 bits per heavy atom. The van der Waals surface area contributed by atoms with Gasteiger partial charge in [0, 0.05) is 12.5 Å². The summed E-state index contributed by atoms with van der Waals surface area (Å²) in [5.41, 5.74) is 0.107. The van der Waals surface area contributed by atoms with E-state index in [0.717, 1.165) is 6.92 Å². The van der Waals surface area contributed by atoms with Gasteiger partial charge in [0.1, 0.15) is 0 Å². The second-order valence-electron chi connectivity index (χ2n) is 4.22. The number of hydrogen-bond donors (Lipinski definition) is 1. The van der Waals surface area contributed by atoms with Gasteiger partial charge in [-0.15, -0.1) is 0 Å². The number of esters is 2. The van der Waals surface area contributed by atoms with Gasteiger partial charge >= 0.3 is 11.9 Å². The smallest absolute Gasteiger partial charge is 0.336 e. The Kier molecular flexibility index (Phi) is 5.70. The van der Waals surface area contributed by atoms with Crippen molar-refractivity contribution in [3.05, 3.63) is 12.2 Å². The molecular weight excluding hydrogens is 276 g/mol. The van der Waals surface area contributed by atoms with Crippen molar-refractivity contribution in [1.29, 1.82) is 0 Å². The van der Waals surface area contributed by atoms with Crippen LogP contribution >= 0.6 is 0 Å². The lowest BCUT2D eigenvalue weighted by molar-refractivity contribution is -0.183. The third-order valence-corrected chi connectivity index (χ3v) is 4.16. The van der Waals surface area contributed by atoms with Crippen molar-refractivity contribution in [3.63, 3.8) is 0 Å². The minimum atomic E-state index is -4.64. The minimum absolute atomic E-state index is 0.107. The molecule has 0 aromatic heterocycles. The summed E-state index contributed by atoms with van der Waals surface area (Å²) >= 11 is 0. The molecule has 1 N–H and O–H groups in total. The van der Waals surface area contributed by atoms with Crippen LogP contribution in [0.15, 0.2) is 12.2 Å². The number of carbonyl (C=O) groups is 2. The molecule has 0 bridgehead atoms. The molecule has 0 saturated heterocycles. The fourth-order valence-corrected chi connectivity index (χ4v) is 1.61. The minimum Gasteiger partial charge on any atom is -0.424 e. The van der Waals surface area contributed by atoms with Crippen LogP contribution < -0.4 is 0 Å². The maximum Gasteiger partial charge on any atom is 0.336 e. The van der Waals surface area contributed by atoms with E-state index in [-0.39, 0.29) is 12.0 Å². The van der Waals surface area contributed by atoms with Crippen LogP contribution in [0.5, 0.6) is 0 Å². The van der Waals surface area contributed by atoms with Crippen LogP contribution in [-0.4, -0.2) is 35.9 Å². The Balaban J connectivity index is 4.87. The standard InChI is InChI=1S/C11H18O7S/c1-6-11(5,19(14,15)16)10(13)18-8(4)17-9(12)7(2)3/h8H,2,6H2,1,3-5H3,(H,14,15,16). The molecule has 0 radical (unpaired) electrons. The van der Waals surface area contributed by atoms with Crippen molar-refractivity contribution >= 4 is 22.1 Å². The van der Waals surface area contributed by atoms with Gasteiger partial charge in [-0.25, -0.2) is 4.79 Å². The van der Waals surface area contributed by atoms with E-state index in [0.29, 0.717) is 0 Å². The highest BCUT2D eigenvalue weighted by atomic mass is 32.2. The Morgan fingerprint density at radius 2 is 1.84 bits per heavy atom. The zero-order valence-electron chi connectivity index (χ0n) is 11.3. The average Bonchev–Trinajstić information content (AvgIpc) is 2.25. The highest BCUT2D eigenvalue weighted by Gasteiger charge is 2.46. The summed E-state index contributed by atoms with van der Waals surface area (Å²) in [5, 5.41) is 0. The molecule has 110 valence electrons. The molecule has 0 aliphatic carbocycles. The Labute approximate surface area is 112 Å². The fourth-order valence-electron chi connectivity index (χ4n) is 0.983. The summed E-state index contributed by atoms with van der Waals surface area (Å²) in [6.07, 6.45) is -1.48. The quantitative estimate of drug-likeness (QED) is 0.337. The SMILES string of the molecule is C=C(C)C(=O)OC(C)OC(=O)C(C)(CC)S(=O)(=O)O. The van der Waals surface area contributed by atoms with Crippen LogP contribution in [0.4, 0.5) is 0 Å². The highest BCUT2D eigenvalue weighted by molar-refractivity contribution is 7.88. The highest BCUT2D eigenvalue weighted by Crippen LogP contribution is 2.23. The van der Waals surface area contributed by atoms with Gasteiger partial charge in [0.15, 0.2) is 4.75 Å². The molecule has 0 aromatic rings.